The third kappa shape index (κ3) is 2.31. The number of carbonyl (C=O) groups excluding carboxylic acids is 1. The van der Waals surface area contributed by atoms with Crippen LogP contribution in [-0.4, -0.2) is 5.91 Å². The summed E-state index contributed by atoms with van der Waals surface area (Å²) in [6, 6.07) is 3.92. The van der Waals surface area contributed by atoms with E-state index in [1.807, 2.05) is 0 Å². The van der Waals surface area contributed by atoms with Gasteiger partial charge in [-0.05, 0) is 17.7 Å². The van der Waals surface area contributed by atoms with E-state index >= 15 is 0 Å². The highest BCUT2D eigenvalue weighted by Crippen LogP contribution is 2.10. The Hall–Kier alpha value is -1.82. The predicted molar refractivity (Wildman–Crippen MR) is 47.2 cm³/mol. The molecule has 3 heteroatoms. The molecular formula is C10H8FNO. The first-order valence-electron chi connectivity index (χ1n) is 3.67. The lowest BCUT2D eigenvalue weighted by molar-refractivity contribution is -0.117. The molecule has 0 fully saturated rings. The van der Waals surface area contributed by atoms with Gasteiger partial charge in [-0.25, -0.2) is 4.39 Å². The summed E-state index contributed by atoms with van der Waals surface area (Å²) < 4.78 is 12.7. The molecule has 0 unspecified atom stereocenters. The largest absolute Gasteiger partial charge is 0.369 e. The van der Waals surface area contributed by atoms with E-state index in [2.05, 4.69) is 5.92 Å². The van der Waals surface area contributed by atoms with Gasteiger partial charge in [0.05, 0.1) is 6.42 Å². The van der Waals surface area contributed by atoms with E-state index in [9.17, 15) is 9.18 Å². The summed E-state index contributed by atoms with van der Waals surface area (Å²) in [5, 5.41) is 0. The highest BCUT2D eigenvalue weighted by molar-refractivity contribution is 5.77. The van der Waals surface area contributed by atoms with Gasteiger partial charge in [-0.3, -0.25) is 4.79 Å². The summed E-state index contributed by atoms with van der Waals surface area (Å²) >= 11 is 0. The number of hydrogen-bond donors (Lipinski definition) is 1. The molecule has 0 saturated heterocycles. The Morgan fingerprint density at radius 3 is 2.85 bits per heavy atom. The van der Waals surface area contributed by atoms with Crippen LogP contribution in [0.25, 0.3) is 0 Å². The van der Waals surface area contributed by atoms with Crippen molar-refractivity contribution in [3.8, 4) is 12.3 Å². The Balaban J connectivity index is 3.08. The fourth-order valence-electron chi connectivity index (χ4n) is 1.02. The second kappa shape index (κ2) is 3.72. The second-order valence-electron chi connectivity index (χ2n) is 2.59. The Labute approximate surface area is 75.6 Å². The van der Waals surface area contributed by atoms with Crippen LogP contribution in [0.4, 0.5) is 4.39 Å². The van der Waals surface area contributed by atoms with Gasteiger partial charge in [0.1, 0.15) is 5.82 Å². The molecule has 1 amide bonds. The third-order valence-electron chi connectivity index (χ3n) is 1.59. The lowest BCUT2D eigenvalue weighted by Gasteiger charge is -2.01. The Morgan fingerprint density at radius 2 is 2.31 bits per heavy atom. The molecule has 1 aromatic rings. The Kier molecular flexibility index (Phi) is 2.65. The topological polar surface area (TPSA) is 43.1 Å². The molecule has 0 atom stereocenters. The molecule has 0 radical (unpaired) electrons. The first-order chi connectivity index (χ1) is 6.13. The fraction of sp³-hybridized carbons (Fsp3) is 0.100. The van der Waals surface area contributed by atoms with Crippen LogP contribution in [0.2, 0.25) is 0 Å². The third-order valence-corrected chi connectivity index (χ3v) is 1.59. The monoisotopic (exact) mass is 177 g/mol. The molecule has 0 heterocycles. The van der Waals surface area contributed by atoms with E-state index in [-0.39, 0.29) is 6.42 Å². The van der Waals surface area contributed by atoms with E-state index in [1.54, 1.807) is 0 Å². The molecule has 13 heavy (non-hydrogen) atoms. The van der Waals surface area contributed by atoms with Gasteiger partial charge < -0.3 is 5.73 Å². The highest BCUT2D eigenvalue weighted by atomic mass is 19.1. The quantitative estimate of drug-likeness (QED) is 0.668. The maximum absolute atomic E-state index is 12.7. The smallest absolute Gasteiger partial charge is 0.221 e. The molecule has 2 N–H and O–H groups in total. The number of terminal acetylenes is 1. The van der Waals surface area contributed by atoms with Crippen LogP contribution in [0.3, 0.4) is 0 Å². The molecule has 0 aromatic heterocycles. The van der Waals surface area contributed by atoms with Crippen molar-refractivity contribution in [1.82, 2.24) is 0 Å². The number of primary amides is 1. The minimum absolute atomic E-state index is 0.0415. The molecular weight excluding hydrogens is 169 g/mol. The number of halogens is 1. The summed E-state index contributed by atoms with van der Waals surface area (Å²) in [6.07, 6.45) is 5.17. The average molecular weight is 177 g/mol. The zero-order chi connectivity index (χ0) is 9.84. The van der Waals surface area contributed by atoms with Gasteiger partial charge >= 0.3 is 0 Å². The van der Waals surface area contributed by atoms with Crippen molar-refractivity contribution in [2.24, 2.45) is 5.73 Å². The summed E-state index contributed by atoms with van der Waals surface area (Å²) in [5.74, 6) is 1.40. The van der Waals surface area contributed by atoms with E-state index in [1.165, 1.54) is 18.2 Å². The molecule has 1 aromatic carbocycles. The summed E-state index contributed by atoms with van der Waals surface area (Å²) in [4.78, 5) is 10.6. The van der Waals surface area contributed by atoms with Gasteiger partial charge in [0.15, 0.2) is 0 Å². The van der Waals surface area contributed by atoms with Gasteiger partial charge in [-0.1, -0.05) is 12.0 Å². The van der Waals surface area contributed by atoms with Crippen LogP contribution in [0.1, 0.15) is 11.1 Å². The zero-order valence-corrected chi connectivity index (χ0v) is 6.88. The average Bonchev–Trinajstić information content (AvgIpc) is 2.07. The van der Waals surface area contributed by atoms with Gasteiger partial charge in [-0.2, -0.15) is 0 Å². The van der Waals surface area contributed by atoms with Crippen LogP contribution in [0.5, 0.6) is 0 Å². The molecule has 0 bridgehead atoms. The molecule has 0 aliphatic rings. The minimum Gasteiger partial charge on any atom is -0.369 e. The molecule has 0 saturated carbocycles. The number of benzene rings is 1. The maximum atomic E-state index is 12.7. The van der Waals surface area contributed by atoms with Crippen LogP contribution in [0.15, 0.2) is 18.2 Å². The number of hydrogen-bond acceptors (Lipinski definition) is 1. The van der Waals surface area contributed by atoms with Crippen LogP contribution < -0.4 is 5.73 Å². The van der Waals surface area contributed by atoms with Crippen LogP contribution in [-0.2, 0) is 11.2 Å². The van der Waals surface area contributed by atoms with Gasteiger partial charge in [0.2, 0.25) is 5.91 Å². The van der Waals surface area contributed by atoms with Crippen molar-refractivity contribution < 1.29 is 9.18 Å². The van der Waals surface area contributed by atoms with E-state index < -0.39 is 11.7 Å². The molecule has 66 valence electrons. The van der Waals surface area contributed by atoms with E-state index in [4.69, 9.17) is 12.2 Å². The summed E-state index contributed by atoms with van der Waals surface area (Å²) in [6.45, 7) is 0. The van der Waals surface area contributed by atoms with Crippen LogP contribution in [0, 0.1) is 18.2 Å². The number of rotatable bonds is 2. The van der Waals surface area contributed by atoms with Crippen molar-refractivity contribution in [1.29, 1.82) is 0 Å². The molecule has 0 aliphatic carbocycles. The number of nitrogens with two attached hydrogens (primary N) is 1. The second-order valence-corrected chi connectivity index (χ2v) is 2.59. The number of carbonyl (C=O) groups is 1. The maximum Gasteiger partial charge on any atom is 0.221 e. The normalized spacial score (nSPS) is 9.23. The lowest BCUT2D eigenvalue weighted by atomic mass is 10.0. The zero-order valence-electron chi connectivity index (χ0n) is 6.88. The van der Waals surface area contributed by atoms with E-state index in [0.717, 1.165) is 0 Å². The fourth-order valence-corrected chi connectivity index (χ4v) is 1.02. The Morgan fingerprint density at radius 1 is 1.62 bits per heavy atom. The first kappa shape index (κ1) is 9.27. The van der Waals surface area contributed by atoms with Gasteiger partial charge in [0, 0.05) is 5.56 Å². The van der Waals surface area contributed by atoms with Crippen molar-refractivity contribution in [3.63, 3.8) is 0 Å². The standard InChI is InChI=1S/C10H8FNO/c1-2-7-5-9(11)4-3-8(7)6-10(12)13/h1,3-5H,6H2,(H2,12,13). The summed E-state index contributed by atoms with van der Waals surface area (Å²) in [7, 11) is 0. The van der Waals surface area contributed by atoms with Crippen molar-refractivity contribution in [3.05, 3.63) is 35.1 Å². The van der Waals surface area contributed by atoms with Crippen molar-refractivity contribution >= 4 is 5.91 Å². The van der Waals surface area contributed by atoms with Crippen molar-refractivity contribution in [2.45, 2.75) is 6.42 Å². The van der Waals surface area contributed by atoms with Gasteiger partial charge in [-0.15, -0.1) is 6.42 Å². The predicted octanol–water partition coefficient (Wildman–Crippen LogP) is 0.835. The Bertz CT molecular complexity index is 379. The molecule has 1 rings (SSSR count). The molecule has 0 aliphatic heterocycles. The number of amides is 1. The molecule has 2 nitrogen and oxygen atoms in total. The first-order valence-corrected chi connectivity index (χ1v) is 3.67. The van der Waals surface area contributed by atoms with Crippen LogP contribution >= 0.6 is 0 Å². The lowest BCUT2D eigenvalue weighted by Crippen LogP contribution is -2.14. The van der Waals surface area contributed by atoms with Gasteiger partial charge in [0.25, 0.3) is 0 Å². The minimum atomic E-state index is -0.483. The summed E-state index contributed by atoms with van der Waals surface area (Å²) in [5.41, 5.74) is 5.94. The SMILES string of the molecule is C#Cc1cc(F)ccc1CC(N)=O. The van der Waals surface area contributed by atoms with Crippen molar-refractivity contribution in [2.75, 3.05) is 0 Å². The highest BCUT2D eigenvalue weighted by Gasteiger charge is 2.04. The van der Waals surface area contributed by atoms with E-state index in [0.29, 0.717) is 11.1 Å². The molecule has 0 spiro atoms.